The lowest BCUT2D eigenvalue weighted by Crippen LogP contribution is -2.34. The van der Waals surface area contributed by atoms with E-state index in [0.29, 0.717) is 13.0 Å². The molecule has 1 saturated heterocycles. The van der Waals surface area contributed by atoms with E-state index in [1.54, 1.807) is 18.7 Å². The van der Waals surface area contributed by atoms with Crippen LogP contribution >= 0.6 is 0 Å². The first kappa shape index (κ1) is 23.5. The van der Waals surface area contributed by atoms with E-state index in [-0.39, 0.29) is 29.7 Å². The number of carbonyl (C=O) groups excluding carboxylic acids is 1. The van der Waals surface area contributed by atoms with Gasteiger partial charge in [-0.2, -0.15) is 0 Å². The van der Waals surface area contributed by atoms with Gasteiger partial charge >= 0.3 is 6.36 Å². The molecule has 0 saturated carbocycles. The van der Waals surface area contributed by atoms with E-state index >= 15 is 0 Å². The van der Waals surface area contributed by atoms with Crippen molar-refractivity contribution >= 4 is 11.9 Å². The largest absolute Gasteiger partial charge is 0.573 e. The summed E-state index contributed by atoms with van der Waals surface area (Å²) in [5.41, 5.74) is -0.538. The third-order valence-electron chi connectivity index (χ3n) is 4.92. The van der Waals surface area contributed by atoms with Crippen LogP contribution in [-0.2, 0) is 0 Å². The Kier molecular flexibility index (Phi) is 6.72. The highest BCUT2D eigenvalue weighted by Gasteiger charge is 2.33. The molecule has 8 nitrogen and oxygen atoms in total. The van der Waals surface area contributed by atoms with Crippen LogP contribution in [0.5, 0.6) is 5.75 Å². The molecule has 2 atom stereocenters. The van der Waals surface area contributed by atoms with E-state index in [0.717, 1.165) is 18.2 Å². The van der Waals surface area contributed by atoms with E-state index in [9.17, 15) is 32.3 Å². The minimum absolute atomic E-state index is 0.139. The Bertz CT molecular complexity index is 1040. The summed E-state index contributed by atoms with van der Waals surface area (Å²) in [7, 11) is 0. The molecule has 0 unspecified atom stereocenters. The van der Waals surface area contributed by atoms with Crippen molar-refractivity contribution in [3.05, 3.63) is 51.7 Å². The van der Waals surface area contributed by atoms with Crippen LogP contribution in [0.3, 0.4) is 0 Å². The number of carbonyl (C=O) groups is 1. The molecule has 0 aliphatic carbocycles. The number of nitrogens with one attached hydrogen (secondary N) is 2. The first-order valence-corrected chi connectivity index (χ1v) is 9.83. The van der Waals surface area contributed by atoms with Crippen LogP contribution in [0, 0.1) is 11.7 Å². The highest BCUT2D eigenvalue weighted by atomic mass is 19.4. The summed E-state index contributed by atoms with van der Waals surface area (Å²) < 4.78 is 54.9. The van der Waals surface area contributed by atoms with Crippen molar-refractivity contribution in [3.8, 4) is 5.75 Å². The van der Waals surface area contributed by atoms with Crippen LogP contribution in [0.1, 0.15) is 42.4 Å². The molecule has 0 bridgehead atoms. The second-order valence-corrected chi connectivity index (χ2v) is 7.78. The Balaban J connectivity index is 1.82. The minimum atomic E-state index is -5.04. The number of halogens is 4. The second kappa shape index (κ2) is 9.15. The SMILES string of the molecule is CC(C)[C@@H](NC(=O)c1cc(=O)[nH]c(N2CC[C@@H](O)C2)n1)c1ccc(OC(F)(F)F)c(F)c1. The van der Waals surface area contributed by atoms with Crippen molar-refractivity contribution in [1.82, 2.24) is 15.3 Å². The molecule has 1 amide bonds. The van der Waals surface area contributed by atoms with Gasteiger partial charge in [-0.1, -0.05) is 19.9 Å². The smallest absolute Gasteiger partial charge is 0.403 e. The lowest BCUT2D eigenvalue weighted by molar-refractivity contribution is -0.275. The third kappa shape index (κ3) is 5.75. The van der Waals surface area contributed by atoms with E-state index in [1.807, 2.05) is 0 Å². The first-order valence-electron chi connectivity index (χ1n) is 9.83. The molecule has 3 N–H and O–H groups in total. The Labute approximate surface area is 180 Å². The Morgan fingerprint density at radius 1 is 1.34 bits per heavy atom. The number of β-amino-alcohol motifs (C(OH)–C–C–N with tert-alkyl or cyclic N) is 1. The molecular formula is C20H22F4N4O4. The summed E-state index contributed by atoms with van der Waals surface area (Å²) in [6.45, 7) is 4.17. The molecule has 1 aromatic heterocycles. The molecule has 1 fully saturated rings. The molecule has 1 aliphatic heterocycles. The van der Waals surface area contributed by atoms with Gasteiger partial charge in [0.15, 0.2) is 11.6 Å². The zero-order valence-corrected chi connectivity index (χ0v) is 17.2. The van der Waals surface area contributed by atoms with Crippen LogP contribution in [0.25, 0.3) is 0 Å². The normalized spacial score (nSPS) is 17.5. The number of aliphatic hydroxyl groups excluding tert-OH is 1. The third-order valence-corrected chi connectivity index (χ3v) is 4.92. The van der Waals surface area contributed by atoms with Crippen molar-refractivity contribution in [2.45, 2.75) is 38.8 Å². The zero-order chi connectivity index (χ0) is 23.6. The number of H-pyrrole nitrogens is 1. The number of aliphatic hydroxyl groups is 1. The average molecular weight is 458 g/mol. The number of aromatic amines is 1. The number of anilines is 1. The fourth-order valence-corrected chi connectivity index (χ4v) is 3.41. The summed E-state index contributed by atoms with van der Waals surface area (Å²) in [4.78, 5) is 33.1. The number of amides is 1. The van der Waals surface area contributed by atoms with Gasteiger partial charge in [-0.05, 0) is 30.0 Å². The molecule has 12 heteroatoms. The first-order chi connectivity index (χ1) is 14.9. The van der Waals surface area contributed by atoms with Gasteiger partial charge in [0.2, 0.25) is 5.95 Å². The highest BCUT2D eigenvalue weighted by molar-refractivity contribution is 5.92. The number of benzene rings is 1. The molecule has 1 aliphatic rings. The van der Waals surface area contributed by atoms with Crippen LogP contribution < -0.4 is 20.5 Å². The fraction of sp³-hybridized carbons (Fsp3) is 0.450. The summed E-state index contributed by atoms with van der Waals surface area (Å²) in [5, 5.41) is 12.3. The summed E-state index contributed by atoms with van der Waals surface area (Å²) >= 11 is 0. The fourth-order valence-electron chi connectivity index (χ4n) is 3.41. The zero-order valence-electron chi connectivity index (χ0n) is 17.2. The Morgan fingerprint density at radius 3 is 2.62 bits per heavy atom. The predicted octanol–water partition coefficient (Wildman–Crippen LogP) is 2.51. The molecule has 0 spiro atoms. The van der Waals surface area contributed by atoms with Crippen LogP contribution in [0.15, 0.2) is 29.1 Å². The van der Waals surface area contributed by atoms with Gasteiger partial charge in [0.05, 0.1) is 12.1 Å². The highest BCUT2D eigenvalue weighted by Crippen LogP contribution is 2.30. The average Bonchev–Trinajstić information content (AvgIpc) is 3.12. The number of rotatable bonds is 6. The van der Waals surface area contributed by atoms with Crippen LogP contribution in [0.2, 0.25) is 0 Å². The topological polar surface area (TPSA) is 108 Å². The monoisotopic (exact) mass is 458 g/mol. The van der Waals surface area contributed by atoms with Crippen LogP contribution in [-0.4, -0.2) is 46.5 Å². The van der Waals surface area contributed by atoms with Gasteiger partial charge < -0.3 is 20.1 Å². The maximum Gasteiger partial charge on any atom is 0.573 e. The predicted molar refractivity (Wildman–Crippen MR) is 106 cm³/mol. The number of hydrogen-bond donors (Lipinski definition) is 3. The van der Waals surface area contributed by atoms with Gasteiger partial charge in [0.1, 0.15) is 5.69 Å². The van der Waals surface area contributed by atoms with Gasteiger partial charge in [-0.3, -0.25) is 14.6 Å². The van der Waals surface area contributed by atoms with Crippen molar-refractivity contribution in [1.29, 1.82) is 0 Å². The molecule has 174 valence electrons. The molecule has 3 rings (SSSR count). The maximum atomic E-state index is 14.2. The molecule has 2 heterocycles. The minimum Gasteiger partial charge on any atom is -0.403 e. The summed E-state index contributed by atoms with van der Waals surface area (Å²) in [6.07, 6.45) is -5.11. The number of alkyl halides is 3. The molecule has 1 aromatic carbocycles. The Hall–Kier alpha value is -3.15. The van der Waals surface area contributed by atoms with Crippen molar-refractivity contribution in [2.24, 2.45) is 5.92 Å². The Morgan fingerprint density at radius 2 is 2.06 bits per heavy atom. The standard InChI is InChI=1S/C20H22F4N4O4/c1-10(2)17(11-3-4-15(13(21)7-11)32-20(22,23)24)27-18(31)14-8-16(30)26-19(25-14)28-6-5-12(29)9-28/h3-4,7-8,10,12,17,29H,5-6,9H2,1-2H3,(H,27,31)(H,25,26,30)/t12-,17-/m1/s1. The van der Waals surface area contributed by atoms with Gasteiger partial charge in [0.25, 0.3) is 11.5 Å². The molecule has 2 aromatic rings. The number of ether oxygens (including phenoxy) is 1. The summed E-state index contributed by atoms with van der Waals surface area (Å²) in [6, 6.07) is 3.13. The van der Waals surface area contributed by atoms with Crippen molar-refractivity contribution in [2.75, 3.05) is 18.0 Å². The van der Waals surface area contributed by atoms with Crippen molar-refractivity contribution < 1.29 is 32.2 Å². The molecule has 32 heavy (non-hydrogen) atoms. The van der Waals surface area contributed by atoms with E-state index in [1.165, 1.54) is 6.07 Å². The quantitative estimate of drug-likeness (QED) is 0.575. The molecule has 0 radical (unpaired) electrons. The van der Waals surface area contributed by atoms with E-state index in [4.69, 9.17) is 0 Å². The van der Waals surface area contributed by atoms with E-state index < -0.39 is 41.5 Å². The van der Waals surface area contributed by atoms with E-state index in [2.05, 4.69) is 20.0 Å². The maximum absolute atomic E-state index is 14.2. The van der Waals surface area contributed by atoms with Gasteiger partial charge in [-0.15, -0.1) is 13.2 Å². The lowest BCUT2D eigenvalue weighted by Gasteiger charge is -2.23. The lowest BCUT2D eigenvalue weighted by atomic mass is 9.95. The second-order valence-electron chi connectivity index (χ2n) is 7.78. The van der Waals surface area contributed by atoms with Crippen LogP contribution in [0.4, 0.5) is 23.5 Å². The van der Waals surface area contributed by atoms with Crippen molar-refractivity contribution in [3.63, 3.8) is 0 Å². The summed E-state index contributed by atoms with van der Waals surface area (Å²) in [5.74, 6) is -3.07. The molecular weight excluding hydrogens is 436 g/mol. The number of aromatic nitrogens is 2. The van der Waals surface area contributed by atoms with Gasteiger partial charge in [0, 0.05) is 19.2 Å². The van der Waals surface area contributed by atoms with Gasteiger partial charge in [-0.25, -0.2) is 9.37 Å². The number of hydrogen-bond acceptors (Lipinski definition) is 6. The number of nitrogens with zero attached hydrogens (tertiary/aromatic N) is 2.